The number of fused-ring (bicyclic) bond motifs is 13. The molecule has 0 bridgehead atoms. The summed E-state index contributed by atoms with van der Waals surface area (Å²) < 4.78 is 8.98. The topological polar surface area (TPSA) is 14.2 Å². The molecule has 2 nitrogen and oxygen atoms in total. The molecule has 2 aliphatic rings. The maximum Gasteiger partial charge on any atom is 0.132 e. The van der Waals surface area contributed by atoms with Crippen LogP contribution < -0.4 is 4.74 Å². The van der Waals surface area contributed by atoms with Crippen LogP contribution >= 0.6 is 0 Å². The molecule has 6 aromatic carbocycles. The summed E-state index contributed by atoms with van der Waals surface area (Å²) in [6, 6.07) is 50.3. The van der Waals surface area contributed by atoms with Crippen LogP contribution in [-0.4, -0.2) is 4.57 Å². The minimum Gasteiger partial charge on any atom is -0.457 e. The Kier molecular flexibility index (Phi) is 4.02. The maximum absolute atomic E-state index is 6.56. The number of ether oxygens (including phenoxy) is 1. The Morgan fingerprint density at radius 2 is 1.08 bits per heavy atom. The number of hydrogen-bond acceptors (Lipinski definition) is 1. The highest BCUT2D eigenvalue weighted by atomic mass is 16.5. The van der Waals surface area contributed by atoms with Crippen LogP contribution in [0.3, 0.4) is 0 Å². The molecule has 0 fully saturated rings. The molecule has 1 aliphatic carbocycles. The summed E-state index contributed by atoms with van der Waals surface area (Å²) in [7, 11) is 0. The summed E-state index contributed by atoms with van der Waals surface area (Å²) in [5, 5.41) is 2.57. The molecule has 182 valence electrons. The molecule has 9 rings (SSSR count). The van der Waals surface area contributed by atoms with Crippen molar-refractivity contribution in [3.63, 3.8) is 0 Å². The minimum atomic E-state index is -0.498. The lowest BCUT2D eigenvalue weighted by molar-refractivity contribution is 0.437. The molecule has 0 saturated heterocycles. The van der Waals surface area contributed by atoms with Crippen LogP contribution in [0.5, 0.6) is 11.5 Å². The van der Waals surface area contributed by atoms with Crippen LogP contribution in [0.1, 0.15) is 22.3 Å². The van der Waals surface area contributed by atoms with Crippen molar-refractivity contribution in [3.05, 3.63) is 162 Å². The SMILES string of the molecule is c1ccc(-n2c3ccccc3c3c4c(ccc32)-c2ccccc2C42c3ccccc3Oc3ccccc32)cc1. The third kappa shape index (κ3) is 2.51. The van der Waals surface area contributed by atoms with E-state index in [-0.39, 0.29) is 0 Å². The molecule has 2 heteroatoms. The average Bonchev–Trinajstić information content (AvgIpc) is 3.49. The van der Waals surface area contributed by atoms with Gasteiger partial charge in [0.05, 0.1) is 16.4 Å². The van der Waals surface area contributed by atoms with Crippen LogP contribution in [-0.2, 0) is 5.41 Å². The molecule has 1 aromatic heterocycles. The number of hydrogen-bond donors (Lipinski definition) is 0. The van der Waals surface area contributed by atoms with E-state index in [9.17, 15) is 0 Å². The zero-order valence-electron chi connectivity index (χ0n) is 21.1. The molecule has 2 heterocycles. The Labute approximate surface area is 226 Å². The molecule has 39 heavy (non-hydrogen) atoms. The van der Waals surface area contributed by atoms with Gasteiger partial charge in [0.1, 0.15) is 11.5 Å². The van der Waals surface area contributed by atoms with Crippen molar-refractivity contribution >= 4 is 21.8 Å². The van der Waals surface area contributed by atoms with Gasteiger partial charge in [-0.25, -0.2) is 0 Å². The smallest absolute Gasteiger partial charge is 0.132 e. The number of rotatable bonds is 1. The molecular formula is C37H23NO. The molecule has 0 saturated carbocycles. The van der Waals surface area contributed by atoms with Gasteiger partial charge in [0.15, 0.2) is 0 Å². The highest BCUT2D eigenvalue weighted by Gasteiger charge is 2.52. The van der Waals surface area contributed by atoms with Gasteiger partial charge in [-0.1, -0.05) is 103 Å². The second kappa shape index (κ2) is 7.49. The minimum absolute atomic E-state index is 0.498. The second-order valence-electron chi connectivity index (χ2n) is 10.5. The van der Waals surface area contributed by atoms with Gasteiger partial charge < -0.3 is 9.30 Å². The largest absolute Gasteiger partial charge is 0.457 e. The quantitative estimate of drug-likeness (QED) is 0.220. The monoisotopic (exact) mass is 497 g/mol. The average molecular weight is 498 g/mol. The fourth-order valence-corrected chi connectivity index (χ4v) is 7.26. The Bertz CT molecular complexity index is 2050. The third-order valence-corrected chi connectivity index (χ3v) is 8.65. The van der Waals surface area contributed by atoms with E-state index in [1.807, 2.05) is 0 Å². The molecular weight excluding hydrogens is 474 g/mol. The first-order chi connectivity index (χ1) is 19.4. The first-order valence-corrected chi connectivity index (χ1v) is 13.5. The van der Waals surface area contributed by atoms with Gasteiger partial charge in [-0.3, -0.25) is 0 Å². The summed E-state index contributed by atoms with van der Waals surface area (Å²) in [5.41, 5.74) is 10.7. The van der Waals surface area contributed by atoms with Crippen LogP contribution in [0.2, 0.25) is 0 Å². The molecule has 0 radical (unpaired) electrons. The highest BCUT2D eigenvalue weighted by molar-refractivity contribution is 6.15. The Hall–Kier alpha value is -5.08. The van der Waals surface area contributed by atoms with Crippen molar-refractivity contribution in [2.75, 3.05) is 0 Å². The van der Waals surface area contributed by atoms with Crippen LogP contribution in [0.4, 0.5) is 0 Å². The summed E-state index contributed by atoms with van der Waals surface area (Å²) in [4.78, 5) is 0. The van der Waals surface area contributed by atoms with E-state index < -0.39 is 5.41 Å². The molecule has 1 aliphatic heterocycles. The van der Waals surface area contributed by atoms with E-state index in [1.54, 1.807) is 0 Å². The number of nitrogens with zero attached hydrogens (tertiary/aromatic N) is 1. The van der Waals surface area contributed by atoms with Crippen LogP contribution in [0.25, 0.3) is 38.6 Å². The lowest BCUT2D eigenvalue weighted by Gasteiger charge is -2.39. The Morgan fingerprint density at radius 1 is 0.462 bits per heavy atom. The van der Waals surface area contributed by atoms with Gasteiger partial charge in [-0.05, 0) is 58.7 Å². The fraction of sp³-hybridized carbons (Fsp3) is 0.0270. The molecule has 7 aromatic rings. The summed E-state index contributed by atoms with van der Waals surface area (Å²) in [5.74, 6) is 1.84. The van der Waals surface area contributed by atoms with E-state index in [4.69, 9.17) is 4.74 Å². The first-order valence-electron chi connectivity index (χ1n) is 13.5. The predicted molar refractivity (Wildman–Crippen MR) is 158 cm³/mol. The lowest BCUT2D eigenvalue weighted by atomic mass is 9.65. The zero-order chi connectivity index (χ0) is 25.6. The van der Waals surface area contributed by atoms with Crippen LogP contribution in [0.15, 0.2) is 140 Å². The normalized spacial score (nSPS) is 14.1. The van der Waals surface area contributed by atoms with E-state index in [2.05, 4.69) is 144 Å². The van der Waals surface area contributed by atoms with Gasteiger partial charge in [0, 0.05) is 27.6 Å². The van der Waals surface area contributed by atoms with Crippen molar-refractivity contribution in [1.82, 2.24) is 4.57 Å². The van der Waals surface area contributed by atoms with Crippen molar-refractivity contribution in [2.45, 2.75) is 5.41 Å². The van der Waals surface area contributed by atoms with Crippen molar-refractivity contribution in [1.29, 1.82) is 0 Å². The summed E-state index contributed by atoms with van der Waals surface area (Å²) >= 11 is 0. The standard InChI is InChI=1S/C37H23NO/c1-2-12-24(13-3-1)38-31-19-9-5-15-27(31)35-32(38)23-22-26-25-14-4-6-16-28(25)37(36(26)35)29-17-7-10-20-33(29)39-34-21-11-8-18-30(34)37/h1-23H. The second-order valence-corrected chi connectivity index (χ2v) is 10.5. The van der Waals surface area contributed by atoms with Crippen molar-refractivity contribution in [2.24, 2.45) is 0 Å². The van der Waals surface area contributed by atoms with E-state index >= 15 is 0 Å². The van der Waals surface area contributed by atoms with Gasteiger partial charge in [0.25, 0.3) is 0 Å². The van der Waals surface area contributed by atoms with Crippen molar-refractivity contribution in [3.8, 4) is 28.3 Å². The van der Waals surface area contributed by atoms with Gasteiger partial charge in [-0.15, -0.1) is 0 Å². The molecule has 0 atom stereocenters. The molecule has 0 amide bonds. The molecule has 1 spiro atoms. The summed E-state index contributed by atoms with van der Waals surface area (Å²) in [6.45, 7) is 0. The molecule has 0 N–H and O–H groups in total. The van der Waals surface area contributed by atoms with Gasteiger partial charge in [0.2, 0.25) is 0 Å². The Morgan fingerprint density at radius 3 is 1.85 bits per heavy atom. The third-order valence-electron chi connectivity index (χ3n) is 8.65. The molecule has 0 unspecified atom stereocenters. The van der Waals surface area contributed by atoms with Crippen molar-refractivity contribution < 1.29 is 4.74 Å². The van der Waals surface area contributed by atoms with E-state index in [1.165, 1.54) is 60.9 Å². The maximum atomic E-state index is 6.56. The number of aromatic nitrogens is 1. The highest BCUT2D eigenvalue weighted by Crippen LogP contribution is 2.64. The van der Waals surface area contributed by atoms with Gasteiger partial charge in [-0.2, -0.15) is 0 Å². The lowest BCUT2D eigenvalue weighted by Crippen LogP contribution is -2.32. The zero-order valence-corrected chi connectivity index (χ0v) is 21.1. The van der Waals surface area contributed by atoms with E-state index in [0.29, 0.717) is 0 Å². The number of benzene rings is 6. The number of para-hydroxylation sites is 4. The Balaban J connectivity index is 1.55. The first kappa shape index (κ1) is 20.9. The van der Waals surface area contributed by atoms with Crippen LogP contribution in [0, 0.1) is 0 Å². The summed E-state index contributed by atoms with van der Waals surface area (Å²) in [6.07, 6.45) is 0. The predicted octanol–water partition coefficient (Wildman–Crippen LogP) is 9.25. The van der Waals surface area contributed by atoms with Gasteiger partial charge >= 0.3 is 0 Å². The van der Waals surface area contributed by atoms with E-state index in [0.717, 1.165) is 11.5 Å². The fourth-order valence-electron chi connectivity index (χ4n) is 7.26.